The fourth-order valence-corrected chi connectivity index (χ4v) is 1.85. The first kappa shape index (κ1) is 11.1. The maximum absolute atomic E-state index is 11.6. The molecule has 1 saturated heterocycles. The molecule has 0 radical (unpaired) electrons. The third kappa shape index (κ3) is 3.07. The molecule has 0 aromatic heterocycles. The van der Waals surface area contributed by atoms with Crippen LogP contribution in [-0.2, 0) is 20.7 Å². The van der Waals surface area contributed by atoms with Crippen molar-refractivity contribution in [3.8, 4) is 0 Å². The molecule has 0 amide bonds. The minimum absolute atomic E-state index is 0.0637. The fourth-order valence-electron chi connectivity index (χ4n) is 1.85. The minimum Gasteiger partial charge on any atom is -0.460 e. The van der Waals surface area contributed by atoms with Crippen LogP contribution in [0.2, 0.25) is 0 Å². The largest absolute Gasteiger partial charge is 0.460 e. The zero-order chi connectivity index (χ0) is 11.4. The predicted molar refractivity (Wildman–Crippen MR) is 60.1 cm³/mol. The van der Waals surface area contributed by atoms with Gasteiger partial charge in [-0.15, -0.1) is 0 Å². The van der Waals surface area contributed by atoms with Gasteiger partial charge in [0.25, 0.3) is 0 Å². The van der Waals surface area contributed by atoms with E-state index in [9.17, 15) is 4.79 Å². The first-order valence-electron chi connectivity index (χ1n) is 5.59. The molecule has 3 nitrogen and oxygen atoms in total. The Balaban J connectivity index is 1.81. The van der Waals surface area contributed by atoms with Gasteiger partial charge in [0.05, 0.1) is 19.1 Å². The van der Waals surface area contributed by atoms with Crippen molar-refractivity contribution in [3.63, 3.8) is 0 Å². The first-order valence-corrected chi connectivity index (χ1v) is 5.59. The van der Waals surface area contributed by atoms with Crippen LogP contribution in [0.25, 0.3) is 0 Å². The van der Waals surface area contributed by atoms with E-state index < -0.39 is 0 Å². The van der Waals surface area contributed by atoms with Gasteiger partial charge in [-0.1, -0.05) is 30.3 Å². The molecule has 2 atom stereocenters. The van der Waals surface area contributed by atoms with E-state index in [2.05, 4.69) is 0 Å². The van der Waals surface area contributed by atoms with Gasteiger partial charge in [0.15, 0.2) is 0 Å². The molecule has 0 bridgehead atoms. The molecule has 1 aliphatic rings. The first-order chi connectivity index (χ1) is 7.74. The summed E-state index contributed by atoms with van der Waals surface area (Å²) in [7, 11) is 0. The molecule has 0 N–H and O–H groups in total. The number of carbonyl (C=O) groups is 1. The Morgan fingerprint density at radius 3 is 2.81 bits per heavy atom. The molecule has 86 valence electrons. The van der Waals surface area contributed by atoms with E-state index in [1.807, 2.05) is 37.3 Å². The Hall–Kier alpha value is -1.35. The van der Waals surface area contributed by atoms with Crippen LogP contribution in [0.4, 0.5) is 0 Å². The van der Waals surface area contributed by atoms with Crippen molar-refractivity contribution >= 4 is 5.97 Å². The van der Waals surface area contributed by atoms with Gasteiger partial charge in [-0.05, 0) is 12.5 Å². The van der Waals surface area contributed by atoms with E-state index in [1.54, 1.807) is 0 Å². The lowest BCUT2D eigenvalue weighted by Gasteiger charge is -2.09. The van der Waals surface area contributed by atoms with E-state index in [-0.39, 0.29) is 18.2 Å². The summed E-state index contributed by atoms with van der Waals surface area (Å²) in [5.41, 5.74) is 0.986. The molecule has 2 unspecified atom stereocenters. The summed E-state index contributed by atoms with van der Waals surface area (Å²) in [6, 6.07) is 9.62. The van der Waals surface area contributed by atoms with Crippen LogP contribution in [0.3, 0.4) is 0 Å². The lowest BCUT2D eigenvalue weighted by Crippen LogP contribution is -2.19. The zero-order valence-electron chi connectivity index (χ0n) is 9.39. The summed E-state index contributed by atoms with van der Waals surface area (Å²) < 4.78 is 10.7. The molecule has 3 heteroatoms. The van der Waals surface area contributed by atoms with Gasteiger partial charge in [-0.2, -0.15) is 0 Å². The van der Waals surface area contributed by atoms with E-state index in [4.69, 9.17) is 9.47 Å². The normalized spacial score (nSPS) is 24.3. The highest BCUT2D eigenvalue weighted by atomic mass is 16.6. The zero-order valence-corrected chi connectivity index (χ0v) is 9.39. The van der Waals surface area contributed by atoms with Crippen molar-refractivity contribution < 1.29 is 14.3 Å². The summed E-state index contributed by atoms with van der Waals surface area (Å²) in [4.78, 5) is 11.6. The molecule has 1 heterocycles. The molecule has 0 aliphatic carbocycles. The van der Waals surface area contributed by atoms with Crippen LogP contribution in [0.5, 0.6) is 0 Å². The Kier molecular flexibility index (Phi) is 3.57. The summed E-state index contributed by atoms with van der Waals surface area (Å²) >= 11 is 0. The van der Waals surface area contributed by atoms with Crippen molar-refractivity contribution in [2.24, 2.45) is 0 Å². The molecule has 0 saturated carbocycles. The third-order valence-corrected chi connectivity index (χ3v) is 2.65. The van der Waals surface area contributed by atoms with Crippen LogP contribution >= 0.6 is 0 Å². The highest BCUT2D eigenvalue weighted by Gasteiger charge is 2.25. The van der Waals surface area contributed by atoms with Gasteiger partial charge >= 0.3 is 5.97 Å². The highest BCUT2D eigenvalue weighted by Crippen LogP contribution is 2.16. The lowest BCUT2D eigenvalue weighted by atomic mass is 10.1. The number of hydrogen-bond acceptors (Lipinski definition) is 3. The van der Waals surface area contributed by atoms with Crippen LogP contribution < -0.4 is 0 Å². The molecule has 1 aromatic carbocycles. The maximum atomic E-state index is 11.6. The molecule has 1 aromatic rings. The predicted octanol–water partition coefficient (Wildman–Crippen LogP) is 1.95. The Bertz CT molecular complexity index is 347. The number of ether oxygens (including phenoxy) is 2. The van der Waals surface area contributed by atoms with Crippen molar-refractivity contribution in [1.29, 1.82) is 0 Å². The average molecular weight is 220 g/mol. The van der Waals surface area contributed by atoms with Gasteiger partial charge in [0.1, 0.15) is 6.10 Å². The Morgan fingerprint density at radius 1 is 1.44 bits per heavy atom. The van der Waals surface area contributed by atoms with Crippen molar-refractivity contribution in [3.05, 3.63) is 35.9 Å². The SMILES string of the molecule is CC1CC(OC(=O)Cc2ccccc2)CO1. The smallest absolute Gasteiger partial charge is 0.310 e. The number of esters is 1. The maximum Gasteiger partial charge on any atom is 0.310 e. The number of rotatable bonds is 3. The minimum atomic E-state index is -0.172. The van der Waals surface area contributed by atoms with E-state index in [0.29, 0.717) is 13.0 Å². The number of hydrogen-bond donors (Lipinski definition) is 0. The van der Waals surface area contributed by atoms with Gasteiger partial charge in [-0.25, -0.2) is 0 Å². The van der Waals surface area contributed by atoms with Crippen molar-refractivity contribution in [1.82, 2.24) is 0 Å². The second kappa shape index (κ2) is 5.12. The summed E-state index contributed by atoms with van der Waals surface area (Å²) in [5.74, 6) is -0.172. The summed E-state index contributed by atoms with van der Waals surface area (Å²) in [5, 5.41) is 0. The molecular formula is C13H16O3. The Labute approximate surface area is 95.4 Å². The van der Waals surface area contributed by atoms with Crippen molar-refractivity contribution in [2.45, 2.75) is 32.0 Å². The monoisotopic (exact) mass is 220 g/mol. The van der Waals surface area contributed by atoms with Gasteiger partial charge in [-0.3, -0.25) is 4.79 Å². The molecule has 1 fully saturated rings. The highest BCUT2D eigenvalue weighted by molar-refractivity contribution is 5.72. The second-order valence-corrected chi connectivity index (χ2v) is 4.15. The van der Waals surface area contributed by atoms with Crippen LogP contribution in [0, 0.1) is 0 Å². The fraction of sp³-hybridized carbons (Fsp3) is 0.462. The van der Waals surface area contributed by atoms with E-state index in [1.165, 1.54) is 0 Å². The number of carbonyl (C=O) groups excluding carboxylic acids is 1. The lowest BCUT2D eigenvalue weighted by molar-refractivity contribution is -0.148. The van der Waals surface area contributed by atoms with Gasteiger partial charge in [0, 0.05) is 6.42 Å². The third-order valence-electron chi connectivity index (χ3n) is 2.65. The van der Waals surface area contributed by atoms with E-state index >= 15 is 0 Å². The molecule has 2 rings (SSSR count). The standard InChI is InChI=1S/C13H16O3/c1-10-7-12(9-15-10)16-13(14)8-11-5-3-2-4-6-11/h2-6,10,12H,7-9H2,1H3. The number of benzene rings is 1. The van der Waals surface area contributed by atoms with Crippen molar-refractivity contribution in [2.75, 3.05) is 6.61 Å². The Morgan fingerprint density at radius 2 is 2.19 bits per heavy atom. The van der Waals surface area contributed by atoms with Gasteiger partial charge < -0.3 is 9.47 Å². The topological polar surface area (TPSA) is 35.5 Å². The molecular weight excluding hydrogens is 204 g/mol. The summed E-state index contributed by atoms with van der Waals surface area (Å²) in [6.07, 6.45) is 1.28. The van der Waals surface area contributed by atoms with Crippen LogP contribution in [-0.4, -0.2) is 24.8 Å². The molecule has 0 spiro atoms. The quantitative estimate of drug-likeness (QED) is 0.730. The summed E-state index contributed by atoms with van der Waals surface area (Å²) in [6.45, 7) is 2.52. The van der Waals surface area contributed by atoms with Gasteiger partial charge in [0.2, 0.25) is 0 Å². The average Bonchev–Trinajstić information content (AvgIpc) is 2.65. The van der Waals surface area contributed by atoms with Crippen LogP contribution in [0.15, 0.2) is 30.3 Å². The van der Waals surface area contributed by atoms with Crippen LogP contribution in [0.1, 0.15) is 18.9 Å². The molecule has 1 aliphatic heterocycles. The van der Waals surface area contributed by atoms with E-state index in [0.717, 1.165) is 12.0 Å². The molecule has 16 heavy (non-hydrogen) atoms. The second-order valence-electron chi connectivity index (χ2n) is 4.15.